The largest absolute Gasteiger partial charge is 0.382 e. The molecule has 1 aromatic rings. The van der Waals surface area contributed by atoms with Crippen LogP contribution < -0.4 is 16.4 Å². The first-order valence-electron chi connectivity index (χ1n) is 5.44. The Morgan fingerprint density at radius 2 is 2.18 bits per heavy atom. The molecule has 0 aromatic carbocycles. The third-order valence-corrected chi connectivity index (χ3v) is 2.02. The second-order valence-corrected chi connectivity index (χ2v) is 3.49. The van der Waals surface area contributed by atoms with Crippen LogP contribution in [0.2, 0.25) is 0 Å². The highest BCUT2D eigenvalue weighted by Gasteiger charge is 2.04. The maximum absolute atomic E-state index is 11.4. The first-order chi connectivity index (χ1) is 8.11. The predicted octanol–water partition coefficient (Wildman–Crippen LogP) is -0.892. The molecule has 94 valence electrons. The topological polar surface area (TPSA) is 102 Å². The molecule has 0 spiro atoms. The molecule has 7 nitrogen and oxygen atoms in total. The van der Waals surface area contributed by atoms with Gasteiger partial charge in [0.2, 0.25) is 11.8 Å². The molecular formula is C10H17N5O2. The van der Waals surface area contributed by atoms with Gasteiger partial charge in [-0.2, -0.15) is 5.10 Å². The van der Waals surface area contributed by atoms with Crippen molar-refractivity contribution in [1.82, 2.24) is 20.4 Å². The van der Waals surface area contributed by atoms with Crippen LogP contribution in [0.15, 0.2) is 12.3 Å². The van der Waals surface area contributed by atoms with Crippen LogP contribution >= 0.6 is 0 Å². The molecule has 0 aliphatic carbocycles. The number of rotatable bonds is 6. The molecule has 0 radical (unpaired) electrons. The quantitative estimate of drug-likeness (QED) is 0.599. The Bertz CT molecular complexity index is 388. The second-order valence-electron chi connectivity index (χ2n) is 3.49. The van der Waals surface area contributed by atoms with Gasteiger partial charge >= 0.3 is 0 Å². The van der Waals surface area contributed by atoms with Gasteiger partial charge in [0.15, 0.2) is 0 Å². The summed E-state index contributed by atoms with van der Waals surface area (Å²) in [5, 5.41) is 9.15. The summed E-state index contributed by atoms with van der Waals surface area (Å²) in [6, 6.07) is 1.61. The van der Waals surface area contributed by atoms with Crippen molar-refractivity contribution < 1.29 is 9.59 Å². The molecule has 1 rings (SSSR count). The summed E-state index contributed by atoms with van der Waals surface area (Å²) < 4.78 is 1.44. The molecule has 0 saturated carbocycles. The van der Waals surface area contributed by atoms with Gasteiger partial charge in [0.25, 0.3) is 0 Å². The van der Waals surface area contributed by atoms with E-state index in [1.165, 1.54) is 4.68 Å². The lowest BCUT2D eigenvalue weighted by Crippen LogP contribution is -2.32. The van der Waals surface area contributed by atoms with Crippen LogP contribution in [-0.4, -0.2) is 34.7 Å². The van der Waals surface area contributed by atoms with Crippen molar-refractivity contribution in [2.24, 2.45) is 0 Å². The van der Waals surface area contributed by atoms with Gasteiger partial charge in [0.1, 0.15) is 12.4 Å². The highest BCUT2D eigenvalue weighted by atomic mass is 16.2. The van der Waals surface area contributed by atoms with Crippen molar-refractivity contribution in [3.05, 3.63) is 12.3 Å². The minimum absolute atomic E-state index is 0.0730. The highest BCUT2D eigenvalue weighted by molar-refractivity contribution is 5.78. The Kier molecular flexibility index (Phi) is 4.99. The molecular weight excluding hydrogens is 222 g/mol. The molecule has 4 N–H and O–H groups in total. The zero-order valence-corrected chi connectivity index (χ0v) is 9.77. The average molecular weight is 239 g/mol. The third kappa shape index (κ3) is 5.01. The summed E-state index contributed by atoms with van der Waals surface area (Å²) >= 11 is 0. The van der Waals surface area contributed by atoms with Crippen LogP contribution in [0.1, 0.15) is 13.3 Å². The van der Waals surface area contributed by atoms with Crippen LogP contribution in [0.5, 0.6) is 0 Å². The number of aromatic nitrogens is 2. The Balaban J connectivity index is 2.19. The Hall–Kier alpha value is -2.05. The lowest BCUT2D eigenvalue weighted by molar-refractivity contribution is -0.122. The molecule has 0 bridgehead atoms. The van der Waals surface area contributed by atoms with E-state index in [0.717, 1.165) is 0 Å². The zero-order valence-electron chi connectivity index (χ0n) is 9.77. The number of hydrogen-bond acceptors (Lipinski definition) is 4. The molecule has 0 unspecified atom stereocenters. The molecule has 0 fully saturated rings. The smallest absolute Gasteiger partial charge is 0.241 e. The molecule has 0 aliphatic heterocycles. The summed E-state index contributed by atoms with van der Waals surface area (Å²) in [5.74, 6) is 0.105. The molecule has 0 aliphatic rings. The maximum Gasteiger partial charge on any atom is 0.241 e. The average Bonchev–Trinajstić information content (AvgIpc) is 2.64. The van der Waals surface area contributed by atoms with E-state index in [-0.39, 0.29) is 24.8 Å². The number of nitrogens with one attached hydrogen (secondary N) is 2. The summed E-state index contributed by atoms with van der Waals surface area (Å²) in [5.41, 5.74) is 5.41. The van der Waals surface area contributed by atoms with Crippen LogP contribution in [0.4, 0.5) is 5.82 Å². The van der Waals surface area contributed by atoms with Gasteiger partial charge in [-0.15, -0.1) is 0 Å². The van der Waals surface area contributed by atoms with Gasteiger partial charge < -0.3 is 16.4 Å². The van der Waals surface area contributed by atoms with E-state index in [4.69, 9.17) is 5.73 Å². The predicted molar refractivity (Wildman–Crippen MR) is 62.9 cm³/mol. The fourth-order valence-corrected chi connectivity index (χ4v) is 1.27. The van der Waals surface area contributed by atoms with E-state index in [9.17, 15) is 9.59 Å². The van der Waals surface area contributed by atoms with Gasteiger partial charge in [-0.1, -0.05) is 0 Å². The molecule has 0 atom stereocenters. The van der Waals surface area contributed by atoms with Crippen molar-refractivity contribution in [2.75, 3.05) is 18.8 Å². The normalized spacial score (nSPS) is 9.94. The molecule has 0 saturated heterocycles. The van der Waals surface area contributed by atoms with Crippen molar-refractivity contribution in [3.8, 4) is 0 Å². The summed E-state index contributed by atoms with van der Waals surface area (Å²) in [6.07, 6.45) is 1.90. The second kappa shape index (κ2) is 6.51. The molecule has 2 amide bonds. The standard InChI is InChI=1S/C10H17N5O2/c1-2-12-9(16)3-5-13-10(17)7-15-6-4-8(11)14-15/h4,6H,2-3,5,7H2,1H3,(H2,11,14)(H,12,16)(H,13,17). The lowest BCUT2D eigenvalue weighted by atomic mass is 10.4. The SMILES string of the molecule is CCNC(=O)CCNC(=O)Cn1ccc(N)n1. The summed E-state index contributed by atoms with van der Waals surface area (Å²) in [7, 11) is 0. The van der Waals surface area contributed by atoms with E-state index in [2.05, 4.69) is 15.7 Å². The van der Waals surface area contributed by atoms with Crippen molar-refractivity contribution in [1.29, 1.82) is 0 Å². The molecule has 1 heterocycles. The number of hydrogen-bond donors (Lipinski definition) is 3. The summed E-state index contributed by atoms with van der Waals surface area (Å²) in [6.45, 7) is 2.87. The first-order valence-corrected chi connectivity index (χ1v) is 5.44. The van der Waals surface area contributed by atoms with Gasteiger partial charge in [-0.25, -0.2) is 0 Å². The van der Waals surface area contributed by atoms with Gasteiger partial charge in [0.05, 0.1) is 0 Å². The first kappa shape index (κ1) is 13.0. The minimum Gasteiger partial charge on any atom is -0.382 e. The van der Waals surface area contributed by atoms with Crippen molar-refractivity contribution in [2.45, 2.75) is 19.9 Å². The number of amides is 2. The van der Waals surface area contributed by atoms with E-state index in [0.29, 0.717) is 18.9 Å². The van der Waals surface area contributed by atoms with Gasteiger partial charge in [-0.05, 0) is 13.0 Å². The Labute approximate surface area is 99.4 Å². The molecule has 1 aromatic heterocycles. The van der Waals surface area contributed by atoms with Crippen molar-refractivity contribution >= 4 is 17.6 Å². The van der Waals surface area contributed by atoms with Crippen LogP contribution in [-0.2, 0) is 16.1 Å². The Morgan fingerprint density at radius 3 is 2.76 bits per heavy atom. The highest BCUT2D eigenvalue weighted by Crippen LogP contribution is 1.94. The number of carbonyl (C=O) groups excluding carboxylic acids is 2. The monoisotopic (exact) mass is 239 g/mol. The van der Waals surface area contributed by atoms with Crippen molar-refractivity contribution in [3.63, 3.8) is 0 Å². The zero-order chi connectivity index (χ0) is 12.7. The van der Waals surface area contributed by atoms with Gasteiger partial charge in [-0.3, -0.25) is 14.3 Å². The van der Waals surface area contributed by atoms with Crippen LogP contribution in [0, 0.1) is 0 Å². The van der Waals surface area contributed by atoms with E-state index in [1.807, 2.05) is 6.92 Å². The number of carbonyl (C=O) groups is 2. The number of anilines is 1. The van der Waals surface area contributed by atoms with Gasteiger partial charge in [0, 0.05) is 25.7 Å². The van der Waals surface area contributed by atoms with E-state index < -0.39 is 0 Å². The fraction of sp³-hybridized carbons (Fsp3) is 0.500. The van der Waals surface area contributed by atoms with Crippen LogP contribution in [0.25, 0.3) is 0 Å². The maximum atomic E-state index is 11.4. The fourth-order valence-electron chi connectivity index (χ4n) is 1.27. The Morgan fingerprint density at radius 1 is 1.41 bits per heavy atom. The summed E-state index contributed by atoms with van der Waals surface area (Å²) in [4.78, 5) is 22.5. The van der Waals surface area contributed by atoms with E-state index >= 15 is 0 Å². The minimum atomic E-state index is -0.197. The number of nitrogens with two attached hydrogens (primary N) is 1. The molecule has 7 heteroatoms. The molecule has 17 heavy (non-hydrogen) atoms. The number of nitrogens with zero attached hydrogens (tertiary/aromatic N) is 2. The van der Waals surface area contributed by atoms with Crippen LogP contribution in [0.3, 0.4) is 0 Å². The lowest BCUT2D eigenvalue weighted by Gasteiger charge is -2.05. The number of nitrogen functional groups attached to an aromatic ring is 1. The van der Waals surface area contributed by atoms with E-state index in [1.54, 1.807) is 12.3 Å². The third-order valence-electron chi connectivity index (χ3n) is 2.02.